The molecule has 0 bridgehead atoms. The molecule has 62 valence electrons. The molecule has 0 spiro atoms. The number of anilines is 1. The Balaban J connectivity index is 3.37. The molecule has 1 aromatic carbocycles. The van der Waals surface area contributed by atoms with Crippen LogP contribution in [0.4, 0.5) is 5.69 Å². The van der Waals surface area contributed by atoms with Crippen molar-refractivity contribution in [3.63, 3.8) is 0 Å². The zero-order valence-electron chi connectivity index (χ0n) is 6.45. The predicted octanol–water partition coefficient (Wildman–Crippen LogP) is 1.61. The van der Waals surface area contributed by atoms with Crippen molar-refractivity contribution in [2.45, 2.75) is 0 Å². The number of rotatable bonds is 2. The monoisotopic (exact) mass is 163 g/mol. The van der Waals surface area contributed by atoms with Crippen LogP contribution in [0.2, 0.25) is 0 Å². The summed E-state index contributed by atoms with van der Waals surface area (Å²) < 4.78 is 0. The predicted molar refractivity (Wildman–Crippen MR) is 47.9 cm³/mol. The van der Waals surface area contributed by atoms with Gasteiger partial charge in [0.2, 0.25) is 0 Å². The average Bonchev–Trinajstić information content (AvgIpc) is 2.03. The van der Waals surface area contributed by atoms with Gasteiger partial charge in [-0.1, -0.05) is 18.7 Å². The van der Waals surface area contributed by atoms with Crippen LogP contribution in [0.25, 0.3) is 6.08 Å². The number of carboxylic acids is 1. The fourth-order valence-electron chi connectivity index (χ4n) is 0.997. The van der Waals surface area contributed by atoms with Crippen LogP contribution in [-0.2, 0) is 0 Å². The molecule has 0 saturated carbocycles. The second kappa shape index (κ2) is 3.09. The Bertz CT molecular complexity index is 331. The van der Waals surface area contributed by atoms with E-state index in [1.807, 2.05) is 0 Å². The molecule has 0 aliphatic rings. The van der Waals surface area contributed by atoms with Crippen LogP contribution in [0.3, 0.4) is 0 Å². The fraction of sp³-hybridized carbons (Fsp3) is 0. The van der Waals surface area contributed by atoms with Gasteiger partial charge in [0, 0.05) is 11.3 Å². The molecular formula is C9H9NO2. The molecule has 0 aromatic heterocycles. The van der Waals surface area contributed by atoms with E-state index in [2.05, 4.69) is 6.58 Å². The number of nitrogens with two attached hydrogens (primary N) is 1. The molecule has 12 heavy (non-hydrogen) atoms. The summed E-state index contributed by atoms with van der Waals surface area (Å²) in [6, 6.07) is 4.74. The standard InChI is InChI=1S/C9H9NO2/c1-2-6-7(9(11)12)4-3-5-8(6)10/h2-5H,1,10H2,(H,11,12). The summed E-state index contributed by atoms with van der Waals surface area (Å²) in [5.74, 6) is -0.989. The van der Waals surface area contributed by atoms with Gasteiger partial charge < -0.3 is 10.8 Å². The maximum atomic E-state index is 10.6. The summed E-state index contributed by atoms with van der Waals surface area (Å²) in [6.45, 7) is 3.49. The Hall–Kier alpha value is -1.77. The SMILES string of the molecule is C=Cc1c(N)cccc1C(=O)O. The van der Waals surface area contributed by atoms with E-state index in [1.54, 1.807) is 12.1 Å². The first-order chi connectivity index (χ1) is 5.66. The summed E-state index contributed by atoms with van der Waals surface area (Å²) in [5.41, 5.74) is 6.63. The van der Waals surface area contributed by atoms with Crippen LogP contribution >= 0.6 is 0 Å². The normalized spacial score (nSPS) is 9.33. The molecule has 0 heterocycles. The van der Waals surface area contributed by atoms with Crippen molar-refractivity contribution < 1.29 is 9.90 Å². The lowest BCUT2D eigenvalue weighted by Gasteiger charge is -2.03. The van der Waals surface area contributed by atoms with Gasteiger partial charge in [-0.15, -0.1) is 0 Å². The smallest absolute Gasteiger partial charge is 0.336 e. The highest BCUT2D eigenvalue weighted by Crippen LogP contribution is 2.17. The Morgan fingerprint density at radius 2 is 2.25 bits per heavy atom. The minimum atomic E-state index is -0.989. The van der Waals surface area contributed by atoms with E-state index in [-0.39, 0.29) is 5.56 Å². The minimum Gasteiger partial charge on any atom is -0.478 e. The van der Waals surface area contributed by atoms with Crippen LogP contribution in [0.5, 0.6) is 0 Å². The maximum Gasteiger partial charge on any atom is 0.336 e. The number of carbonyl (C=O) groups is 1. The summed E-state index contributed by atoms with van der Waals surface area (Å²) in [7, 11) is 0. The van der Waals surface area contributed by atoms with Crippen LogP contribution in [0.1, 0.15) is 15.9 Å². The first-order valence-corrected chi connectivity index (χ1v) is 3.41. The van der Waals surface area contributed by atoms with E-state index in [9.17, 15) is 4.79 Å². The number of aromatic carboxylic acids is 1. The van der Waals surface area contributed by atoms with Crippen LogP contribution in [-0.4, -0.2) is 11.1 Å². The Labute approximate surface area is 70.1 Å². The molecule has 1 aromatic rings. The second-order valence-electron chi connectivity index (χ2n) is 2.32. The van der Waals surface area contributed by atoms with Gasteiger partial charge in [0.25, 0.3) is 0 Å². The Morgan fingerprint density at radius 3 is 2.67 bits per heavy atom. The second-order valence-corrected chi connectivity index (χ2v) is 2.32. The van der Waals surface area contributed by atoms with Crippen molar-refractivity contribution in [1.29, 1.82) is 0 Å². The van der Waals surface area contributed by atoms with Crippen LogP contribution in [0.15, 0.2) is 24.8 Å². The topological polar surface area (TPSA) is 63.3 Å². The number of hydrogen-bond acceptors (Lipinski definition) is 2. The first-order valence-electron chi connectivity index (χ1n) is 3.41. The molecule has 3 N–H and O–H groups in total. The van der Waals surface area contributed by atoms with E-state index in [4.69, 9.17) is 10.8 Å². The van der Waals surface area contributed by atoms with Gasteiger partial charge in [-0.05, 0) is 12.1 Å². The third kappa shape index (κ3) is 1.29. The van der Waals surface area contributed by atoms with Crippen molar-refractivity contribution in [1.82, 2.24) is 0 Å². The van der Waals surface area contributed by atoms with Gasteiger partial charge >= 0.3 is 5.97 Å². The number of nitrogen functional groups attached to an aromatic ring is 1. The third-order valence-electron chi connectivity index (χ3n) is 1.57. The minimum absolute atomic E-state index is 0.185. The van der Waals surface area contributed by atoms with Crippen molar-refractivity contribution in [3.8, 4) is 0 Å². The number of carboxylic acid groups (broad SMARTS) is 1. The van der Waals surface area contributed by atoms with E-state index >= 15 is 0 Å². The average molecular weight is 163 g/mol. The zero-order chi connectivity index (χ0) is 9.14. The molecule has 0 radical (unpaired) electrons. The van der Waals surface area contributed by atoms with Crippen LogP contribution < -0.4 is 5.73 Å². The molecule has 3 heteroatoms. The van der Waals surface area contributed by atoms with E-state index in [0.29, 0.717) is 11.3 Å². The van der Waals surface area contributed by atoms with E-state index < -0.39 is 5.97 Å². The zero-order valence-corrected chi connectivity index (χ0v) is 6.45. The quantitative estimate of drug-likeness (QED) is 0.651. The molecule has 0 atom stereocenters. The van der Waals surface area contributed by atoms with Gasteiger partial charge in [-0.25, -0.2) is 4.79 Å². The summed E-state index contributed by atoms with van der Waals surface area (Å²) in [6.07, 6.45) is 1.44. The lowest BCUT2D eigenvalue weighted by Crippen LogP contribution is -2.02. The summed E-state index contributed by atoms with van der Waals surface area (Å²) in [5, 5.41) is 8.72. The van der Waals surface area contributed by atoms with Crippen LogP contribution in [0, 0.1) is 0 Å². The van der Waals surface area contributed by atoms with Gasteiger partial charge in [-0.3, -0.25) is 0 Å². The number of hydrogen-bond donors (Lipinski definition) is 2. The van der Waals surface area contributed by atoms with Crippen molar-refractivity contribution in [3.05, 3.63) is 35.9 Å². The van der Waals surface area contributed by atoms with Gasteiger partial charge in [0.15, 0.2) is 0 Å². The molecule has 0 saturated heterocycles. The molecule has 1 rings (SSSR count). The van der Waals surface area contributed by atoms with Gasteiger partial charge in [0.1, 0.15) is 0 Å². The molecular weight excluding hydrogens is 154 g/mol. The highest BCUT2D eigenvalue weighted by Gasteiger charge is 2.08. The Morgan fingerprint density at radius 1 is 1.58 bits per heavy atom. The molecule has 0 unspecified atom stereocenters. The maximum absolute atomic E-state index is 10.6. The van der Waals surface area contributed by atoms with Crippen molar-refractivity contribution >= 4 is 17.7 Å². The third-order valence-corrected chi connectivity index (χ3v) is 1.57. The molecule has 0 aliphatic heterocycles. The molecule has 0 fully saturated rings. The largest absolute Gasteiger partial charge is 0.478 e. The summed E-state index contributed by atoms with van der Waals surface area (Å²) >= 11 is 0. The lowest BCUT2D eigenvalue weighted by atomic mass is 10.1. The first kappa shape index (κ1) is 8.33. The van der Waals surface area contributed by atoms with Crippen molar-refractivity contribution in [2.24, 2.45) is 0 Å². The molecule has 3 nitrogen and oxygen atoms in total. The fourth-order valence-corrected chi connectivity index (χ4v) is 0.997. The Kier molecular flexibility index (Phi) is 2.14. The number of benzene rings is 1. The van der Waals surface area contributed by atoms with Gasteiger partial charge in [-0.2, -0.15) is 0 Å². The highest BCUT2D eigenvalue weighted by atomic mass is 16.4. The lowest BCUT2D eigenvalue weighted by molar-refractivity contribution is 0.0696. The molecule has 0 amide bonds. The van der Waals surface area contributed by atoms with E-state index in [1.165, 1.54) is 12.1 Å². The summed E-state index contributed by atoms with van der Waals surface area (Å²) in [4.78, 5) is 10.6. The van der Waals surface area contributed by atoms with Crippen molar-refractivity contribution in [2.75, 3.05) is 5.73 Å². The van der Waals surface area contributed by atoms with Gasteiger partial charge in [0.05, 0.1) is 5.56 Å². The highest BCUT2D eigenvalue weighted by molar-refractivity contribution is 5.94. The van der Waals surface area contributed by atoms with E-state index in [0.717, 1.165) is 0 Å². The molecule has 0 aliphatic carbocycles.